The van der Waals surface area contributed by atoms with Gasteiger partial charge in [-0.05, 0) is 0 Å². The summed E-state index contributed by atoms with van der Waals surface area (Å²) in [6.45, 7) is 0. The quantitative estimate of drug-likeness (QED) is 0.369. The topological polar surface area (TPSA) is 83.0 Å². The third kappa shape index (κ3) is 3.36. The molecule has 1 amide bonds. The smallest absolute Gasteiger partial charge is 0.354 e. The Balaban J connectivity index is 4.39. The first-order valence-corrected chi connectivity index (χ1v) is 2.95. The number of amides is 1. The third-order valence-electron chi connectivity index (χ3n) is 0.980. The van der Waals surface area contributed by atoms with Gasteiger partial charge in [0, 0.05) is 7.05 Å². The Hall–Kier alpha value is -1.36. The molecule has 5 nitrogen and oxygen atoms in total. The van der Waals surface area contributed by atoms with Crippen LogP contribution in [0.1, 0.15) is 0 Å². The predicted octanol–water partition coefficient (Wildman–Crippen LogP) is -1.97. The number of rotatable bonds is 3. The van der Waals surface area contributed by atoms with Crippen LogP contribution in [0.4, 0.5) is 0 Å². The minimum atomic E-state index is -0.579. The van der Waals surface area contributed by atoms with Crippen molar-refractivity contribution in [1.82, 2.24) is 5.32 Å². The maximum atomic E-state index is 10.7. The number of esters is 1. The Morgan fingerprint density at radius 1 is 1.55 bits per heavy atom. The average Bonchev–Trinajstić information content (AvgIpc) is 1.98. The Morgan fingerprint density at radius 2 is 2.09 bits per heavy atom. The molecule has 0 saturated heterocycles. The minimum Gasteiger partial charge on any atom is -0.464 e. The van der Waals surface area contributed by atoms with E-state index < -0.39 is 11.9 Å². The molecule has 0 saturated carbocycles. The van der Waals surface area contributed by atoms with Crippen LogP contribution in [0.3, 0.4) is 0 Å². The highest BCUT2D eigenvalue weighted by atomic mass is 16.5. The molecule has 11 heavy (non-hydrogen) atoms. The summed E-state index contributed by atoms with van der Waals surface area (Å²) >= 11 is 0. The zero-order valence-electron chi connectivity index (χ0n) is 6.51. The fraction of sp³-hybridized carbons (Fsp3) is 0.333. The molecule has 5 heteroatoms. The van der Waals surface area contributed by atoms with Gasteiger partial charge in [-0.25, -0.2) is 9.59 Å². The standard InChI is InChI=1S/C6H10N2O3/c1-8-4(3-5(7)9)6(10)11-2/h3,8H,1-2H3,(H2,7,9)/p+1/b4-3-. The molecule has 0 rings (SSSR count). The van der Waals surface area contributed by atoms with Crippen molar-refractivity contribution in [3.63, 3.8) is 0 Å². The van der Waals surface area contributed by atoms with E-state index >= 15 is 0 Å². The van der Waals surface area contributed by atoms with Crippen molar-refractivity contribution in [1.29, 1.82) is 0 Å². The summed E-state index contributed by atoms with van der Waals surface area (Å²) in [6, 6.07) is 0. The molecule has 0 aliphatic heterocycles. The largest absolute Gasteiger partial charge is 0.464 e. The van der Waals surface area contributed by atoms with Crippen LogP contribution in [-0.4, -0.2) is 26.0 Å². The molecule has 0 unspecified atom stereocenters. The van der Waals surface area contributed by atoms with Crippen molar-refractivity contribution in [3.8, 4) is 0 Å². The zero-order valence-corrected chi connectivity index (χ0v) is 6.51. The van der Waals surface area contributed by atoms with Gasteiger partial charge in [0.2, 0.25) is 0 Å². The molecule has 4 N–H and O–H groups in total. The lowest BCUT2D eigenvalue weighted by atomic mass is 10.4. The van der Waals surface area contributed by atoms with Crippen LogP contribution in [0, 0.1) is 0 Å². The van der Waals surface area contributed by atoms with Crippen LogP contribution in [0.2, 0.25) is 0 Å². The molecule has 62 valence electrons. The van der Waals surface area contributed by atoms with Gasteiger partial charge in [-0.15, -0.1) is 0 Å². The van der Waals surface area contributed by atoms with E-state index in [1.54, 1.807) is 0 Å². The summed E-state index contributed by atoms with van der Waals surface area (Å²) in [5.74, 6) is -1.02. The summed E-state index contributed by atoms with van der Waals surface area (Å²) in [6.07, 6.45) is 1.08. The van der Waals surface area contributed by atoms with Gasteiger partial charge in [-0.2, -0.15) is 0 Å². The molecule has 0 aromatic rings. The van der Waals surface area contributed by atoms with E-state index in [9.17, 15) is 9.59 Å². The van der Waals surface area contributed by atoms with Gasteiger partial charge in [-0.1, -0.05) is 0 Å². The number of hydrogen-bond acceptors (Lipinski definition) is 4. The van der Waals surface area contributed by atoms with Crippen LogP contribution < -0.4 is 11.1 Å². The van der Waals surface area contributed by atoms with Crippen molar-refractivity contribution in [2.75, 3.05) is 14.2 Å². The van der Waals surface area contributed by atoms with E-state index in [1.807, 2.05) is 0 Å². The molecule has 0 bridgehead atoms. The van der Waals surface area contributed by atoms with Crippen LogP contribution >= 0.6 is 0 Å². The first kappa shape index (κ1) is 9.64. The summed E-state index contributed by atoms with van der Waals surface area (Å²) in [4.78, 5) is 21.1. The number of ether oxygens (including phenoxy) is 1. The highest BCUT2D eigenvalue weighted by molar-refractivity contribution is 5.94. The highest BCUT2D eigenvalue weighted by Gasteiger charge is 2.08. The number of carbonyl (C=O) groups is 2. The van der Waals surface area contributed by atoms with E-state index in [-0.39, 0.29) is 5.70 Å². The molecule has 0 aliphatic carbocycles. The predicted molar refractivity (Wildman–Crippen MR) is 37.1 cm³/mol. The van der Waals surface area contributed by atoms with Crippen LogP contribution in [0.5, 0.6) is 0 Å². The van der Waals surface area contributed by atoms with E-state index in [0.29, 0.717) is 0 Å². The molecule has 0 radical (unpaired) electrons. The van der Waals surface area contributed by atoms with Crippen molar-refractivity contribution in [2.45, 2.75) is 0 Å². The Bertz CT molecular complexity index is 198. The Labute approximate surface area is 64.2 Å². The third-order valence-corrected chi connectivity index (χ3v) is 0.980. The average molecular weight is 159 g/mol. The van der Waals surface area contributed by atoms with Gasteiger partial charge < -0.3 is 10.1 Å². The van der Waals surface area contributed by atoms with Gasteiger partial charge in [-0.3, -0.25) is 5.73 Å². The van der Waals surface area contributed by atoms with Crippen LogP contribution in [-0.2, 0) is 14.3 Å². The monoisotopic (exact) mass is 159 g/mol. The summed E-state index contributed by atoms with van der Waals surface area (Å²) < 4.78 is 4.35. The molecule has 0 spiro atoms. The fourth-order valence-electron chi connectivity index (χ4n) is 0.504. The Morgan fingerprint density at radius 3 is 2.36 bits per heavy atom. The van der Waals surface area contributed by atoms with Crippen LogP contribution in [0.25, 0.3) is 0 Å². The van der Waals surface area contributed by atoms with Gasteiger partial charge in [0.05, 0.1) is 13.2 Å². The maximum Gasteiger partial charge on any atom is 0.354 e. The number of nitrogens with one attached hydrogen (secondary N) is 1. The summed E-state index contributed by atoms with van der Waals surface area (Å²) in [5, 5.41) is 2.51. The molecule has 0 aromatic heterocycles. The van der Waals surface area contributed by atoms with Crippen molar-refractivity contribution < 1.29 is 20.1 Å². The number of quaternary nitrogens is 1. The van der Waals surface area contributed by atoms with Gasteiger partial charge in [0.15, 0.2) is 0 Å². The zero-order chi connectivity index (χ0) is 8.85. The molecule has 0 heterocycles. The van der Waals surface area contributed by atoms with E-state index in [2.05, 4.69) is 15.8 Å². The Kier molecular flexibility index (Phi) is 3.90. The van der Waals surface area contributed by atoms with Crippen molar-refractivity contribution in [2.24, 2.45) is 0 Å². The number of likely N-dealkylation sites (N-methyl/N-ethyl adjacent to an activating group) is 1. The second-order valence-electron chi connectivity index (χ2n) is 1.77. The van der Waals surface area contributed by atoms with E-state index in [4.69, 9.17) is 0 Å². The van der Waals surface area contributed by atoms with Gasteiger partial charge >= 0.3 is 11.9 Å². The molecule has 0 fully saturated rings. The SMILES string of the molecule is CN/C(=C\C([NH3+])=O)C(=O)OC. The van der Waals surface area contributed by atoms with Crippen molar-refractivity contribution in [3.05, 3.63) is 11.8 Å². The fourth-order valence-corrected chi connectivity index (χ4v) is 0.504. The lowest BCUT2D eigenvalue weighted by Gasteiger charge is -2.00. The number of hydrogen-bond donors (Lipinski definition) is 2. The number of carbonyl (C=O) groups excluding carboxylic acids is 2. The lowest BCUT2D eigenvalue weighted by Crippen LogP contribution is -2.56. The second kappa shape index (κ2) is 4.45. The van der Waals surface area contributed by atoms with Gasteiger partial charge in [0.1, 0.15) is 5.70 Å². The molecular formula is C6H11N2O3+. The highest BCUT2D eigenvalue weighted by Crippen LogP contribution is 1.89. The first-order chi connectivity index (χ1) is 5.11. The molecular weight excluding hydrogens is 148 g/mol. The number of methoxy groups -OCH3 is 1. The van der Waals surface area contributed by atoms with Crippen molar-refractivity contribution >= 4 is 11.9 Å². The second-order valence-corrected chi connectivity index (χ2v) is 1.77. The molecule has 0 aliphatic rings. The molecule has 0 atom stereocenters. The van der Waals surface area contributed by atoms with E-state index in [0.717, 1.165) is 6.08 Å². The van der Waals surface area contributed by atoms with Gasteiger partial charge in [0.25, 0.3) is 0 Å². The minimum absolute atomic E-state index is 0.104. The maximum absolute atomic E-state index is 10.7. The summed E-state index contributed by atoms with van der Waals surface area (Å²) in [5.41, 5.74) is 3.18. The van der Waals surface area contributed by atoms with Crippen LogP contribution in [0.15, 0.2) is 11.8 Å². The first-order valence-electron chi connectivity index (χ1n) is 2.95. The lowest BCUT2D eigenvalue weighted by molar-refractivity contribution is -0.297. The molecule has 0 aromatic carbocycles. The normalized spacial score (nSPS) is 10.6. The van der Waals surface area contributed by atoms with E-state index in [1.165, 1.54) is 14.2 Å². The summed E-state index contributed by atoms with van der Waals surface area (Å²) in [7, 11) is 2.76.